The van der Waals surface area contributed by atoms with Gasteiger partial charge in [0, 0.05) is 11.5 Å². The fourth-order valence-corrected chi connectivity index (χ4v) is 2.23. The maximum Gasteiger partial charge on any atom is 0.143 e. The zero-order chi connectivity index (χ0) is 9.54. The molecule has 1 aromatic carbocycles. The van der Waals surface area contributed by atoms with Crippen molar-refractivity contribution < 1.29 is 4.74 Å². The standard InChI is InChI=1S/C10H9ClN2O/c11-8-3-1-2-7-9-6(4-12-13-9)5-14-10(7)8/h1-3,6,9H,4-5H2. The van der Waals surface area contributed by atoms with Crippen LogP contribution in [-0.4, -0.2) is 13.2 Å². The minimum atomic E-state index is 0.164. The first-order valence-corrected chi connectivity index (χ1v) is 5.02. The Morgan fingerprint density at radius 1 is 1.43 bits per heavy atom. The predicted octanol–water partition coefficient (Wildman–Crippen LogP) is 2.86. The average molecular weight is 209 g/mol. The van der Waals surface area contributed by atoms with Gasteiger partial charge in [-0.05, 0) is 6.07 Å². The lowest BCUT2D eigenvalue weighted by Crippen LogP contribution is -2.24. The second-order valence-electron chi connectivity index (χ2n) is 3.61. The molecule has 2 heterocycles. The molecule has 4 heteroatoms. The zero-order valence-electron chi connectivity index (χ0n) is 7.48. The number of benzene rings is 1. The number of fused-ring (bicyclic) bond motifs is 3. The van der Waals surface area contributed by atoms with Gasteiger partial charge in [0.2, 0.25) is 0 Å². The molecular formula is C10H9ClN2O. The second-order valence-corrected chi connectivity index (χ2v) is 4.02. The number of rotatable bonds is 0. The van der Waals surface area contributed by atoms with E-state index < -0.39 is 0 Å². The fourth-order valence-electron chi connectivity index (χ4n) is 2.00. The van der Waals surface area contributed by atoms with Crippen molar-refractivity contribution in [3.63, 3.8) is 0 Å². The number of hydrogen-bond donors (Lipinski definition) is 0. The quantitative estimate of drug-likeness (QED) is 0.646. The van der Waals surface area contributed by atoms with E-state index in [4.69, 9.17) is 16.3 Å². The molecule has 3 nitrogen and oxygen atoms in total. The van der Waals surface area contributed by atoms with E-state index >= 15 is 0 Å². The molecule has 1 aromatic rings. The number of halogens is 1. The van der Waals surface area contributed by atoms with Gasteiger partial charge in [0.1, 0.15) is 11.8 Å². The average Bonchev–Trinajstić information content (AvgIpc) is 2.66. The zero-order valence-corrected chi connectivity index (χ0v) is 8.24. The molecule has 0 N–H and O–H groups in total. The highest BCUT2D eigenvalue weighted by atomic mass is 35.5. The highest BCUT2D eigenvalue weighted by Gasteiger charge is 2.34. The minimum absolute atomic E-state index is 0.164. The summed E-state index contributed by atoms with van der Waals surface area (Å²) < 4.78 is 5.62. The maximum absolute atomic E-state index is 6.04. The Bertz CT molecular complexity index is 405. The highest BCUT2D eigenvalue weighted by Crippen LogP contribution is 2.44. The molecule has 0 saturated heterocycles. The number of para-hydroxylation sites is 1. The van der Waals surface area contributed by atoms with Gasteiger partial charge in [-0.25, -0.2) is 0 Å². The summed E-state index contributed by atoms with van der Waals surface area (Å²) in [7, 11) is 0. The van der Waals surface area contributed by atoms with Crippen molar-refractivity contribution >= 4 is 11.6 Å². The minimum Gasteiger partial charge on any atom is -0.491 e. The van der Waals surface area contributed by atoms with Crippen molar-refractivity contribution in [2.45, 2.75) is 6.04 Å². The molecule has 0 amide bonds. The highest BCUT2D eigenvalue weighted by molar-refractivity contribution is 6.32. The van der Waals surface area contributed by atoms with E-state index in [0.29, 0.717) is 17.5 Å². The third-order valence-electron chi connectivity index (χ3n) is 2.73. The van der Waals surface area contributed by atoms with Gasteiger partial charge < -0.3 is 4.74 Å². The molecule has 0 aromatic heterocycles. The van der Waals surface area contributed by atoms with Crippen LogP contribution in [0.3, 0.4) is 0 Å². The fraction of sp³-hybridized carbons (Fsp3) is 0.400. The Balaban J connectivity index is 2.14. The van der Waals surface area contributed by atoms with Crippen LogP contribution in [0.25, 0.3) is 0 Å². The van der Waals surface area contributed by atoms with Gasteiger partial charge in [-0.2, -0.15) is 10.2 Å². The number of hydrogen-bond acceptors (Lipinski definition) is 3. The lowest BCUT2D eigenvalue weighted by Gasteiger charge is -2.26. The van der Waals surface area contributed by atoms with Crippen LogP contribution >= 0.6 is 11.6 Å². The number of nitrogens with zero attached hydrogens (tertiary/aromatic N) is 2. The summed E-state index contributed by atoms with van der Waals surface area (Å²) in [6, 6.07) is 5.95. The molecule has 0 saturated carbocycles. The van der Waals surface area contributed by atoms with Gasteiger partial charge in [-0.15, -0.1) is 0 Å². The second kappa shape index (κ2) is 2.95. The van der Waals surface area contributed by atoms with E-state index in [1.54, 1.807) is 0 Å². The van der Waals surface area contributed by atoms with Gasteiger partial charge in [0.15, 0.2) is 0 Å². The van der Waals surface area contributed by atoms with Gasteiger partial charge in [-0.3, -0.25) is 0 Å². The molecule has 0 radical (unpaired) electrons. The lowest BCUT2D eigenvalue weighted by atomic mass is 9.92. The van der Waals surface area contributed by atoms with Crippen LogP contribution < -0.4 is 4.74 Å². The summed E-state index contributed by atoms with van der Waals surface area (Å²) in [6.07, 6.45) is 0. The van der Waals surface area contributed by atoms with Crippen LogP contribution in [0.1, 0.15) is 11.6 Å². The van der Waals surface area contributed by atoms with E-state index in [1.165, 1.54) is 0 Å². The Labute approximate surface area is 86.7 Å². The Kier molecular flexibility index (Phi) is 1.74. The van der Waals surface area contributed by atoms with Crippen LogP contribution in [0.4, 0.5) is 0 Å². The lowest BCUT2D eigenvalue weighted by molar-refractivity contribution is 0.214. The van der Waals surface area contributed by atoms with Gasteiger partial charge in [-0.1, -0.05) is 23.7 Å². The molecule has 2 unspecified atom stereocenters. The van der Waals surface area contributed by atoms with Crippen LogP contribution in [0.15, 0.2) is 28.4 Å². The third-order valence-corrected chi connectivity index (χ3v) is 3.02. The van der Waals surface area contributed by atoms with Gasteiger partial charge in [0.05, 0.1) is 18.2 Å². The molecule has 0 bridgehead atoms. The number of azo groups is 1. The Morgan fingerprint density at radius 2 is 2.36 bits per heavy atom. The first-order chi connectivity index (χ1) is 6.86. The monoisotopic (exact) mass is 208 g/mol. The Hall–Kier alpha value is -1.09. The third kappa shape index (κ3) is 1.05. The normalized spacial score (nSPS) is 28.1. The SMILES string of the molecule is Clc1cccc2c1OCC1CN=NC21. The largest absolute Gasteiger partial charge is 0.491 e. The Morgan fingerprint density at radius 3 is 3.29 bits per heavy atom. The molecule has 2 aliphatic rings. The molecular weight excluding hydrogens is 200 g/mol. The van der Waals surface area contributed by atoms with Gasteiger partial charge in [0.25, 0.3) is 0 Å². The predicted molar refractivity (Wildman–Crippen MR) is 52.9 cm³/mol. The molecule has 0 spiro atoms. The topological polar surface area (TPSA) is 34.0 Å². The first kappa shape index (κ1) is 8.24. The molecule has 0 fully saturated rings. The van der Waals surface area contributed by atoms with Crippen LogP contribution in [0.5, 0.6) is 5.75 Å². The van der Waals surface area contributed by atoms with Crippen LogP contribution in [-0.2, 0) is 0 Å². The van der Waals surface area contributed by atoms with E-state index in [9.17, 15) is 0 Å². The smallest absolute Gasteiger partial charge is 0.143 e. The van der Waals surface area contributed by atoms with Crippen molar-refractivity contribution in [2.75, 3.05) is 13.2 Å². The summed E-state index contributed by atoms with van der Waals surface area (Å²) in [6.45, 7) is 1.45. The maximum atomic E-state index is 6.04. The molecule has 0 aliphatic carbocycles. The summed E-state index contributed by atoms with van der Waals surface area (Å²) in [5.74, 6) is 1.19. The molecule has 2 aliphatic heterocycles. The van der Waals surface area contributed by atoms with E-state index in [0.717, 1.165) is 17.9 Å². The summed E-state index contributed by atoms with van der Waals surface area (Å²) >= 11 is 6.04. The summed E-state index contributed by atoms with van der Waals surface area (Å²) in [5, 5.41) is 8.95. The van der Waals surface area contributed by atoms with Crippen molar-refractivity contribution in [2.24, 2.45) is 16.1 Å². The van der Waals surface area contributed by atoms with E-state index in [-0.39, 0.29) is 6.04 Å². The van der Waals surface area contributed by atoms with Crippen LogP contribution in [0, 0.1) is 5.92 Å². The van der Waals surface area contributed by atoms with E-state index in [1.807, 2.05) is 18.2 Å². The van der Waals surface area contributed by atoms with E-state index in [2.05, 4.69) is 10.2 Å². The molecule has 72 valence electrons. The molecule has 14 heavy (non-hydrogen) atoms. The van der Waals surface area contributed by atoms with Crippen molar-refractivity contribution in [3.8, 4) is 5.75 Å². The summed E-state index contributed by atoms with van der Waals surface area (Å²) in [4.78, 5) is 0. The molecule has 2 atom stereocenters. The van der Waals surface area contributed by atoms with Crippen molar-refractivity contribution in [1.82, 2.24) is 0 Å². The number of ether oxygens (including phenoxy) is 1. The molecule has 3 rings (SSSR count). The summed E-state index contributed by atoms with van der Waals surface area (Å²) in [5.41, 5.74) is 1.08. The van der Waals surface area contributed by atoms with Gasteiger partial charge >= 0.3 is 0 Å². The van der Waals surface area contributed by atoms with Crippen LogP contribution in [0.2, 0.25) is 5.02 Å². The van der Waals surface area contributed by atoms with Crippen molar-refractivity contribution in [1.29, 1.82) is 0 Å². The van der Waals surface area contributed by atoms with Crippen molar-refractivity contribution in [3.05, 3.63) is 28.8 Å². The first-order valence-electron chi connectivity index (χ1n) is 4.64.